The third kappa shape index (κ3) is 4.53. The molecule has 3 nitrogen and oxygen atoms in total. The van der Waals surface area contributed by atoms with E-state index in [0.29, 0.717) is 0 Å². The Morgan fingerprint density at radius 1 is 1.36 bits per heavy atom. The van der Waals surface area contributed by atoms with Crippen LogP contribution in [0.5, 0.6) is 0 Å². The van der Waals surface area contributed by atoms with E-state index in [1.807, 2.05) is 24.7 Å². The number of unbranched alkanes of at least 4 members (excludes halogenated alkanes) is 1. The normalized spacial score (nSPS) is 8.64. The lowest BCUT2D eigenvalue weighted by atomic mass is 10.3. The van der Waals surface area contributed by atoms with Crippen LogP contribution in [-0.2, 0) is 6.54 Å². The van der Waals surface area contributed by atoms with Crippen molar-refractivity contribution in [3.05, 3.63) is 12.4 Å². The molecule has 0 fully saturated rings. The minimum atomic E-state index is 0.997. The van der Waals surface area contributed by atoms with E-state index in [1.54, 1.807) is 6.20 Å². The first kappa shape index (κ1) is 10.1. The molecule has 0 aromatic carbocycles. The van der Waals surface area contributed by atoms with E-state index in [9.17, 15) is 0 Å². The monoisotopic (exact) mass is 155 g/mol. The van der Waals surface area contributed by atoms with Crippen LogP contribution < -0.4 is 0 Å². The number of aryl methyl sites for hydroxylation is 1. The molecule has 0 radical (unpaired) electrons. The molecule has 11 heavy (non-hydrogen) atoms. The highest BCUT2D eigenvalue weighted by Crippen LogP contribution is 1.89. The second-order valence-corrected chi connectivity index (χ2v) is 2.02. The van der Waals surface area contributed by atoms with E-state index in [0.717, 1.165) is 6.54 Å². The van der Waals surface area contributed by atoms with Crippen molar-refractivity contribution in [3.8, 4) is 0 Å². The minimum absolute atomic E-state index is 0.997. The fourth-order valence-electron chi connectivity index (χ4n) is 0.672. The zero-order valence-corrected chi connectivity index (χ0v) is 7.62. The van der Waals surface area contributed by atoms with Gasteiger partial charge in [0.05, 0.1) is 6.20 Å². The summed E-state index contributed by atoms with van der Waals surface area (Å²) in [6, 6.07) is 0. The van der Waals surface area contributed by atoms with Crippen LogP contribution in [-0.4, -0.2) is 15.0 Å². The predicted octanol–water partition coefficient (Wildman–Crippen LogP) is 2.10. The summed E-state index contributed by atoms with van der Waals surface area (Å²) in [7, 11) is 0. The van der Waals surface area contributed by atoms with Gasteiger partial charge in [0.15, 0.2) is 0 Å². The van der Waals surface area contributed by atoms with Gasteiger partial charge in [-0.2, -0.15) is 0 Å². The Labute approximate surface area is 68.4 Å². The molecule has 0 unspecified atom stereocenters. The summed E-state index contributed by atoms with van der Waals surface area (Å²) in [5.41, 5.74) is 0. The lowest BCUT2D eigenvalue weighted by Crippen LogP contribution is -1.97. The highest BCUT2D eigenvalue weighted by molar-refractivity contribution is 4.63. The Hall–Kier alpha value is -0.860. The Kier molecular flexibility index (Phi) is 6.68. The van der Waals surface area contributed by atoms with Crippen LogP contribution in [0.1, 0.15) is 33.6 Å². The first-order valence-electron chi connectivity index (χ1n) is 4.27. The highest BCUT2D eigenvalue weighted by Gasteiger charge is 1.86. The molecular weight excluding hydrogens is 138 g/mol. The van der Waals surface area contributed by atoms with Crippen LogP contribution in [0.3, 0.4) is 0 Å². The first-order valence-corrected chi connectivity index (χ1v) is 4.27. The third-order valence-electron chi connectivity index (χ3n) is 1.21. The average Bonchev–Trinajstić information content (AvgIpc) is 2.57. The quantitative estimate of drug-likeness (QED) is 0.669. The third-order valence-corrected chi connectivity index (χ3v) is 1.21. The molecule has 1 rings (SSSR count). The Balaban J connectivity index is 0.000000461. The van der Waals surface area contributed by atoms with E-state index in [4.69, 9.17) is 0 Å². The van der Waals surface area contributed by atoms with Gasteiger partial charge in [-0.15, -0.1) is 5.10 Å². The lowest BCUT2D eigenvalue weighted by Gasteiger charge is -1.94. The van der Waals surface area contributed by atoms with Gasteiger partial charge in [-0.3, -0.25) is 4.68 Å². The Morgan fingerprint density at radius 3 is 2.55 bits per heavy atom. The Bertz CT molecular complexity index is 146. The van der Waals surface area contributed by atoms with Crippen LogP contribution in [0.2, 0.25) is 0 Å². The van der Waals surface area contributed by atoms with Gasteiger partial charge in [0.1, 0.15) is 0 Å². The average molecular weight is 155 g/mol. The molecule has 0 aliphatic heterocycles. The molecule has 0 N–H and O–H groups in total. The molecule has 0 aliphatic rings. The number of rotatable bonds is 3. The molecule has 0 bridgehead atoms. The molecular formula is C8H17N3. The standard InChI is InChI=1S/C6H11N3.C2H6/c1-2-3-5-9-6-4-7-8-9;1-2/h4,6H,2-3,5H2,1H3;1-2H3. The SMILES string of the molecule is CC.CCCCn1ccnn1. The zero-order chi connectivity index (χ0) is 8.53. The van der Waals surface area contributed by atoms with Crippen molar-refractivity contribution in [2.24, 2.45) is 0 Å². The maximum absolute atomic E-state index is 3.82. The summed E-state index contributed by atoms with van der Waals surface area (Å²) < 4.78 is 1.85. The number of hydrogen-bond donors (Lipinski definition) is 0. The number of nitrogens with zero attached hydrogens (tertiary/aromatic N) is 3. The smallest absolute Gasteiger partial charge is 0.0692 e. The van der Waals surface area contributed by atoms with Gasteiger partial charge >= 0.3 is 0 Å². The van der Waals surface area contributed by atoms with E-state index in [-0.39, 0.29) is 0 Å². The molecule has 1 aromatic heterocycles. The van der Waals surface area contributed by atoms with E-state index >= 15 is 0 Å². The van der Waals surface area contributed by atoms with Gasteiger partial charge in [0.25, 0.3) is 0 Å². The van der Waals surface area contributed by atoms with Gasteiger partial charge in [-0.1, -0.05) is 32.4 Å². The molecule has 0 aliphatic carbocycles. The summed E-state index contributed by atoms with van der Waals surface area (Å²) >= 11 is 0. The zero-order valence-electron chi connectivity index (χ0n) is 7.62. The minimum Gasteiger partial charge on any atom is -0.253 e. The van der Waals surface area contributed by atoms with E-state index in [2.05, 4.69) is 17.2 Å². The van der Waals surface area contributed by atoms with Gasteiger partial charge in [0, 0.05) is 12.7 Å². The van der Waals surface area contributed by atoms with Gasteiger partial charge in [-0.25, -0.2) is 0 Å². The summed E-state index contributed by atoms with van der Waals surface area (Å²) in [5, 5.41) is 7.51. The van der Waals surface area contributed by atoms with Crippen molar-refractivity contribution in [3.63, 3.8) is 0 Å². The molecule has 0 amide bonds. The van der Waals surface area contributed by atoms with Crippen LogP contribution in [0.4, 0.5) is 0 Å². The second-order valence-electron chi connectivity index (χ2n) is 2.02. The lowest BCUT2D eigenvalue weighted by molar-refractivity contribution is 0.553. The van der Waals surface area contributed by atoms with Crippen LogP contribution in [0.25, 0.3) is 0 Å². The second kappa shape index (κ2) is 7.25. The Morgan fingerprint density at radius 2 is 2.09 bits per heavy atom. The van der Waals surface area contributed by atoms with Crippen molar-refractivity contribution in [2.45, 2.75) is 40.2 Å². The summed E-state index contributed by atoms with van der Waals surface area (Å²) in [4.78, 5) is 0. The first-order chi connectivity index (χ1) is 5.43. The molecule has 0 saturated heterocycles. The molecule has 0 saturated carbocycles. The fourth-order valence-corrected chi connectivity index (χ4v) is 0.672. The van der Waals surface area contributed by atoms with Crippen molar-refractivity contribution in [2.75, 3.05) is 0 Å². The summed E-state index contributed by atoms with van der Waals surface area (Å²) in [6.45, 7) is 7.16. The largest absolute Gasteiger partial charge is 0.253 e. The van der Waals surface area contributed by atoms with Crippen LogP contribution >= 0.6 is 0 Å². The van der Waals surface area contributed by atoms with Crippen molar-refractivity contribution in [1.29, 1.82) is 0 Å². The van der Waals surface area contributed by atoms with Crippen molar-refractivity contribution in [1.82, 2.24) is 15.0 Å². The van der Waals surface area contributed by atoms with Gasteiger partial charge < -0.3 is 0 Å². The topological polar surface area (TPSA) is 30.7 Å². The molecule has 3 heteroatoms. The van der Waals surface area contributed by atoms with Gasteiger partial charge in [-0.05, 0) is 6.42 Å². The predicted molar refractivity (Wildman–Crippen MR) is 46.3 cm³/mol. The number of aromatic nitrogens is 3. The van der Waals surface area contributed by atoms with Crippen molar-refractivity contribution >= 4 is 0 Å². The fraction of sp³-hybridized carbons (Fsp3) is 0.750. The van der Waals surface area contributed by atoms with Crippen molar-refractivity contribution < 1.29 is 0 Å². The van der Waals surface area contributed by atoms with E-state index < -0.39 is 0 Å². The highest BCUT2D eigenvalue weighted by atomic mass is 15.4. The molecule has 1 heterocycles. The molecule has 1 aromatic rings. The van der Waals surface area contributed by atoms with Crippen LogP contribution in [0, 0.1) is 0 Å². The molecule has 0 spiro atoms. The molecule has 0 atom stereocenters. The summed E-state index contributed by atoms with van der Waals surface area (Å²) in [6.07, 6.45) is 5.98. The van der Waals surface area contributed by atoms with Crippen LogP contribution in [0.15, 0.2) is 12.4 Å². The van der Waals surface area contributed by atoms with Gasteiger partial charge in [0.2, 0.25) is 0 Å². The maximum Gasteiger partial charge on any atom is 0.0692 e. The summed E-state index contributed by atoms with van der Waals surface area (Å²) in [5.74, 6) is 0. The van der Waals surface area contributed by atoms with E-state index in [1.165, 1.54) is 12.8 Å². The number of hydrogen-bond acceptors (Lipinski definition) is 2. The molecule has 64 valence electrons. The maximum atomic E-state index is 3.82.